The molecule has 10 N–H and O–H groups in total. The lowest BCUT2D eigenvalue weighted by molar-refractivity contribution is -0.385. The number of anilines is 12. The average Bonchev–Trinajstić information content (AvgIpc) is 1.72. The average molecular weight is 1710 g/mol. The molecule has 1 aliphatic rings. The number of aromatic nitrogens is 10. The number of rotatable bonds is 18. The minimum Gasteiger partial charge on any atom is -0.505 e. The molecule has 6 heterocycles. The first-order chi connectivity index (χ1) is 59.0. The number of nitrogen functional groups attached to an aromatic ring is 2. The summed E-state index contributed by atoms with van der Waals surface area (Å²) in [6, 6.07) is 77.3. The number of nitro benzene ring substituents is 2. The third-order valence-electron chi connectivity index (χ3n) is 15.5. The van der Waals surface area contributed by atoms with Gasteiger partial charge in [0, 0.05) is 107 Å². The maximum absolute atomic E-state index is 14.7. The molecule has 616 valence electrons. The first kappa shape index (κ1) is 88.1. The Balaban J connectivity index is 0.000000160. The normalized spacial score (nSPS) is 10.8. The topological polar surface area (TPSA) is 416 Å². The lowest BCUT2D eigenvalue weighted by Crippen LogP contribution is -2.39. The minimum atomic E-state index is -0.987. The van der Waals surface area contributed by atoms with E-state index >= 15 is 0 Å². The molecule has 0 aliphatic carbocycles. The van der Waals surface area contributed by atoms with E-state index in [-0.39, 0.29) is 58.5 Å². The number of aromatic hydroxyl groups is 1. The van der Waals surface area contributed by atoms with Crippen LogP contribution in [-0.2, 0) is 0 Å². The molecule has 16 rings (SSSR count). The van der Waals surface area contributed by atoms with Crippen molar-refractivity contribution in [2.75, 3.05) is 56.0 Å². The van der Waals surface area contributed by atoms with Crippen molar-refractivity contribution in [1.29, 1.82) is 0 Å². The Labute approximate surface area is 706 Å². The molecule has 0 atom stereocenters. The van der Waals surface area contributed by atoms with Gasteiger partial charge in [-0.3, -0.25) is 25.1 Å². The number of nitrogens with zero attached hydrogens (tertiary/aromatic N) is 14. The van der Waals surface area contributed by atoms with Crippen molar-refractivity contribution in [3.05, 3.63) is 376 Å². The van der Waals surface area contributed by atoms with Gasteiger partial charge in [-0.05, 0) is 109 Å². The van der Waals surface area contributed by atoms with Crippen molar-refractivity contribution >= 4 is 127 Å². The third-order valence-corrected chi connectivity index (χ3v) is 16.1. The van der Waals surface area contributed by atoms with Crippen molar-refractivity contribution < 1.29 is 56.3 Å². The van der Waals surface area contributed by atoms with Crippen LogP contribution >= 0.6 is 34.8 Å². The highest BCUT2D eigenvalue weighted by molar-refractivity contribution is 6.33. The van der Waals surface area contributed by atoms with Crippen LogP contribution in [0.15, 0.2) is 317 Å². The lowest BCUT2D eigenvalue weighted by Gasteiger charge is -2.18. The van der Waals surface area contributed by atoms with Crippen molar-refractivity contribution in [3.63, 3.8) is 0 Å². The Morgan fingerprint density at radius 1 is 0.385 bits per heavy atom. The molecule has 122 heavy (non-hydrogen) atoms. The molecule has 0 radical (unpaired) electrons. The molecule has 31 nitrogen and oxygen atoms in total. The van der Waals surface area contributed by atoms with Crippen LogP contribution in [-0.4, -0.2) is 94.8 Å². The van der Waals surface area contributed by atoms with Crippen molar-refractivity contribution in [2.24, 2.45) is 0 Å². The van der Waals surface area contributed by atoms with E-state index in [1.165, 1.54) is 79.0 Å². The van der Waals surface area contributed by atoms with E-state index in [1.807, 2.05) is 170 Å². The standard InChI is InChI=1S/C26H21FN6O3.C16H11FN4O3.C16H13FN4O.C10H8ClN3.C6H4FNO3.C6H7N.C4H2Cl2N2/c27-21-15-19(31-25(34)33-14-13-32(26(33)35)20-9-5-2-6-10-20)11-12-22(21)36-24-16-23(28-17-29-24)30-18-7-3-1-4-8-18;17-13-8-12(21(22)23)6-7-14(13)24-16-9-15(18-10-19-16)20-11-4-2-1-3-5-11;17-13-8-11(18)6-7-14(13)22-16-9-15(19-10-20-16)21-12-4-2-1-3-5-12;11-9-6-10(13-7-12-9)14-8-4-2-1-3-5-8;7-5-3-4(8(10)11)1-2-6(5)9;7-6-4-2-1-3-5-6;5-3-1-4(6)8-2-7-3/h1-12,15-17H,13-14H2,(H,31,34)(H,28,29,30);1-10H,(H,18,19,20);1-10H,18H2,(H,19,20,21);1-7H,(H,12,13,14);1-3,9H;1-5H,7H2;1-2H. The Hall–Kier alpha value is -16.3. The van der Waals surface area contributed by atoms with Gasteiger partial charge in [-0.1, -0.05) is 144 Å². The van der Waals surface area contributed by atoms with E-state index in [1.54, 1.807) is 36.4 Å². The largest absolute Gasteiger partial charge is 0.505 e. The number of amides is 4. The number of benzene rings is 10. The molecule has 15 aromatic rings. The Morgan fingerprint density at radius 3 is 1.11 bits per heavy atom. The van der Waals surface area contributed by atoms with Gasteiger partial charge in [-0.25, -0.2) is 81.9 Å². The zero-order valence-electron chi connectivity index (χ0n) is 63.1. The Bertz CT molecular complexity index is 5930. The summed E-state index contributed by atoms with van der Waals surface area (Å²) in [5.41, 5.74) is 15.7. The van der Waals surface area contributed by atoms with Gasteiger partial charge in [0.25, 0.3) is 11.4 Å². The van der Waals surface area contributed by atoms with E-state index in [4.69, 9.17) is 65.6 Å². The SMILES string of the molecule is Clc1cc(Cl)ncn1.Clc1cc(Nc2ccccc2)ncn1.Nc1ccc(Oc2cc(Nc3ccccc3)ncn2)c(F)c1.Nc1ccccc1.O=C(Nc1ccc(Oc2cc(Nc3ccccc3)ncn2)c(F)c1)N1CCN(c2ccccc2)C1=O.O=[N+]([O-])c1ccc(O)c(F)c1.O=[N+]([O-])c1ccc(Oc2cc(Nc3ccccc3)ncn2)c(F)c1. The predicted molar refractivity (Wildman–Crippen MR) is 455 cm³/mol. The molecule has 1 fully saturated rings. The van der Waals surface area contributed by atoms with Crippen LogP contribution in [0.4, 0.5) is 107 Å². The van der Waals surface area contributed by atoms with E-state index in [9.17, 15) is 47.4 Å². The van der Waals surface area contributed by atoms with Gasteiger partial charge >= 0.3 is 12.1 Å². The summed E-state index contributed by atoms with van der Waals surface area (Å²) in [4.78, 5) is 86.4. The van der Waals surface area contributed by atoms with Crippen molar-refractivity contribution in [1.82, 2.24) is 54.7 Å². The Kier molecular flexibility index (Phi) is 32.7. The maximum Gasteiger partial charge on any atom is 0.332 e. The van der Waals surface area contributed by atoms with E-state index < -0.39 is 50.9 Å². The van der Waals surface area contributed by atoms with Crippen LogP contribution in [0.5, 0.6) is 40.6 Å². The number of phenols is 1. The van der Waals surface area contributed by atoms with Gasteiger partial charge in [0.1, 0.15) is 70.4 Å². The summed E-state index contributed by atoms with van der Waals surface area (Å²) in [6.07, 6.45) is 6.65. The van der Waals surface area contributed by atoms with Gasteiger partial charge in [0.15, 0.2) is 46.3 Å². The van der Waals surface area contributed by atoms with Gasteiger partial charge < -0.3 is 57.4 Å². The molecule has 0 unspecified atom stereocenters. The van der Waals surface area contributed by atoms with Crippen LogP contribution in [0.2, 0.25) is 15.5 Å². The van der Waals surface area contributed by atoms with Gasteiger partial charge in [0.2, 0.25) is 17.6 Å². The van der Waals surface area contributed by atoms with E-state index in [0.717, 1.165) is 63.7 Å². The summed E-state index contributed by atoms with van der Waals surface area (Å²) in [6.45, 7) is 0.591. The summed E-state index contributed by atoms with van der Waals surface area (Å²) < 4.78 is 71.0. The van der Waals surface area contributed by atoms with Crippen LogP contribution < -0.4 is 57.2 Å². The fourth-order valence-electron chi connectivity index (χ4n) is 9.89. The molecule has 1 saturated heterocycles. The number of nitro groups is 2. The Morgan fingerprint density at radius 2 is 0.738 bits per heavy atom. The number of nitrogens with two attached hydrogens (primary N) is 2. The van der Waals surface area contributed by atoms with Crippen molar-refractivity contribution in [2.45, 2.75) is 0 Å². The number of non-ortho nitro benzene ring substituents is 2. The summed E-state index contributed by atoms with van der Waals surface area (Å²) >= 11 is 16.5. The van der Waals surface area contributed by atoms with Crippen LogP contribution in [0.3, 0.4) is 0 Å². The fraction of sp³-hybridized carbons (Fsp3) is 0.0238. The molecule has 4 amide bonds. The van der Waals surface area contributed by atoms with Crippen LogP contribution in [0.25, 0.3) is 0 Å². The van der Waals surface area contributed by atoms with Crippen LogP contribution in [0.1, 0.15) is 0 Å². The minimum absolute atomic E-state index is 0.0542. The first-order valence-electron chi connectivity index (χ1n) is 35.6. The molecule has 1 aliphatic heterocycles. The molecule has 38 heteroatoms. The second kappa shape index (κ2) is 45.3. The zero-order chi connectivity index (χ0) is 86.5. The van der Waals surface area contributed by atoms with E-state index in [2.05, 4.69) is 76.4 Å². The first-order valence-corrected chi connectivity index (χ1v) is 36.7. The number of phenolic OH excluding ortho intramolecular Hbond substituents is 1. The highest BCUT2D eigenvalue weighted by atomic mass is 35.5. The van der Waals surface area contributed by atoms with Gasteiger partial charge in [0.05, 0.1) is 28.5 Å². The number of para-hydroxylation sites is 6. The molecule has 0 bridgehead atoms. The maximum atomic E-state index is 14.7. The second-order valence-electron chi connectivity index (χ2n) is 24.2. The van der Waals surface area contributed by atoms with Gasteiger partial charge in [-0.15, -0.1) is 0 Å². The summed E-state index contributed by atoms with van der Waals surface area (Å²) in [5, 5.41) is 45.4. The number of carbonyl (C=O) groups excluding carboxylic acids is 2. The number of imide groups is 1. The monoisotopic (exact) mass is 1710 g/mol. The number of ether oxygens (including phenoxy) is 3. The molecule has 5 aromatic heterocycles. The second-order valence-corrected chi connectivity index (χ2v) is 25.4. The smallest absolute Gasteiger partial charge is 0.332 e. The van der Waals surface area contributed by atoms with E-state index in [0.29, 0.717) is 62.7 Å². The highest BCUT2D eigenvalue weighted by Crippen LogP contribution is 2.32. The van der Waals surface area contributed by atoms with Gasteiger partial charge in [-0.2, -0.15) is 0 Å². The van der Waals surface area contributed by atoms with Crippen molar-refractivity contribution in [3.8, 4) is 40.6 Å². The number of carbonyl (C=O) groups is 2. The molecular formula is C84H66Cl3F4N21O10. The summed E-state index contributed by atoms with van der Waals surface area (Å²) in [7, 11) is 0. The quantitative estimate of drug-likeness (QED) is 0.0130. The predicted octanol–water partition coefficient (Wildman–Crippen LogP) is 20.8. The lowest BCUT2D eigenvalue weighted by atomic mass is 10.3. The third kappa shape index (κ3) is 28.9. The zero-order valence-corrected chi connectivity index (χ0v) is 65.4. The highest BCUT2D eigenvalue weighted by Gasteiger charge is 2.34. The molecule has 10 aromatic carbocycles. The fourth-order valence-corrected chi connectivity index (χ4v) is 10.4. The number of halogens is 7. The molecule has 0 spiro atoms. The molecule has 0 saturated carbocycles. The molecular weight excluding hydrogens is 1650 g/mol. The summed E-state index contributed by atoms with van der Waals surface area (Å²) in [5.74, 6) is -1.19. The number of urea groups is 2. The number of hydrogen-bond acceptors (Lipinski definition) is 26. The number of nitrogens with one attached hydrogen (secondary N) is 5. The number of hydrogen-bond donors (Lipinski definition) is 8. The van der Waals surface area contributed by atoms with Crippen LogP contribution in [0, 0.1) is 43.5 Å².